The number of hydrogen-bond donors (Lipinski definition) is 1. The van der Waals surface area contributed by atoms with Crippen molar-refractivity contribution in [2.45, 2.75) is 31.8 Å². The van der Waals surface area contributed by atoms with Crippen LogP contribution >= 0.6 is 0 Å². The Labute approximate surface area is 117 Å². The molecule has 108 valence electrons. The van der Waals surface area contributed by atoms with Crippen molar-refractivity contribution in [1.82, 2.24) is 4.90 Å². The number of carbonyl (C=O) groups is 1. The van der Waals surface area contributed by atoms with E-state index >= 15 is 0 Å². The van der Waals surface area contributed by atoms with Gasteiger partial charge in [0.1, 0.15) is 0 Å². The lowest BCUT2D eigenvalue weighted by atomic mass is 9.93. The van der Waals surface area contributed by atoms with E-state index in [9.17, 15) is 20.0 Å². The van der Waals surface area contributed by atoms with E-state index in [-0.39, 0.29) is 18.0 Å². The second kappa shape index (κ2) is 5.58. The predicted molar refractivity (Wildman–Crippen MR) is 73.2 cm³/mol. The van der Waals surface area contributed by atoms with Crippen molar-refractivity contribution in [2.75, 3.05) is 13.1 Å². The molecular formula is C14H18N2O4. The van der Waals surface area contributed by atoms with Gasteiger partial charge in [0, 0.05) is 24.7 Å². The van der Waals surface area contributed by atoms with Crippen molar-refractivity contribution in [3.63, 3.8) is 0 Å². The fourth-order valence-electron chi connectivity index (χ4n) is 2.35. The van der Waals surface area contributed by atoms with Crippen molar-refractivity contribution in [3.05, 3.63) is 39.9 Å². The summed E-state index contributed by atoms with van der Waals surface area (Å²) in [6.45, 7) is 2.75. The van der Waals surface area contributed by atoms with Crippen LogP contribution in [0, 0.1) is 10.1 Å². The van der Waals surface area contributed by atoms with E-state index in [1.807, 2.05) is 0 Å². The van der Waals surface area contributed by atoms with Gasteiger partial charge in [-0.3, -0.25) is 14.9 Å². The van der Waals surface area contributed by atoms with Crippen molar-refractivity contribution >= 4 is 11.6 Å². The number of rotatable bonds is 3. The maximum absolute atomic E-state index is 12.2. The molecule has 0 bridgehead atoms. The van der Waals surface area contributed by atoms with E-state index in [1.165, 1.54) is 6.07 Å². The second-order valence-electron chi connectivity index (χ2n) is 5.44. The van der Waals surface area contributed by atoms with Gasteiger partial charge in [-0.2, -0.15) is 0 Å². The van der Waals surface area contributed by atoms with E-state index in [1.54, 1.807) is 30.0 Å². The van der Waals surface area contributed by atoms with Gasteiger partial charge in [0.25, 0.3) is 5.69 Å². The van der Waals surface area contributed by atoms with Crippen LogP contribution in [0.25, 0.3) is 0 Å². The Morgan fingerprint density at radius 2 is 2.00 bits per heavy atom. The van der Waals surface area contributed by atoms with E-state index in [0.29, 0.717) is 31.5 Å². The number of carbonyl (C=O) groups excluding carboxylic acids is 1. The highest BCUT2D eigenvalue weighted by atomic mass is 16.6. The minimum absolute atomic E-state index is 0.0233. The molecule has 0 atom stereocenters. The molecular weight excluding hydrogens is 260 g/mol. The molecule has 1 aromatic rings. The van der Waals surface area contributed by atoms with Gasteiger partial charge in [-0.05, 0) is 19.8 Å². The first kappa shape index (κ1) is 14.5. The Bertz CT molecular complexity index is 518. The number of amides is 1. The SMILES string of the molecule is CC1(O)CCN(C(=O)Cc2ccccc2[N+](=O)[O-])CC1. The van der Waals surface area contributed by atoms with Crippen LogP contribution < -0.4 is 0 Å². The first-order chi connectivity index (χ1) is 9.39. The standard InChI is InChI=1S/C14H18N2O4/c1-14(18)6-8-15(9-7-14)13(17)10-11-4-2-3-5-12(11)16(19)20/h2-5,18H,6-10H2,1H3. The molecule has 0 unspecified atom stereocenters. The summed E-state index contributed by atoms with van der Waals surface area (Å²) < 4.78 is 0. The number of likely N-dealkylation sites (tertiary alicyclic amines) is 1. The molecule has 6 heteroatoms. The van der Waals surface area contributed by atoms with Crippen molar-refractivity contribution in [2.24, 2.45) is 0 Å². The molecule has 1 aliphatic heterocycles. The number of benzene rings is 1. The number of nitrogens with zero attached hydrogens (tertiary/aromatic N) is 2. The zero-order chi connectivity index (χ0) is 14.8. The largest absolute Gasteiger partial charge is 0.390 e. The van der Waals surface area contributed by atoms with Gasteiger partial charge in [-0.1, -0.05) is 18.2 Å². The van der Waals surface area contributed by atoms with Gasteiger partial charge >= 0.3 is 0 Å². The number of aliphatic hydroxyl groups is 1. The average Bonchev–Trinajstić information content (AvgIpc) is 2.38. The summed E-state index contributed by atoms with van der Waals surface area (Å²) >= 11 is 0. The van der Waals surface area contributed by atoms with Crippen molar-refractivity contribution < 1.29 is 14.8 Å². The summed E-state index contributed by atoms with van der Waals surface area (Å²) in [6, 6.07) is 6.29. The van der Waals surface area contributed by atoms with Crippen LogP contribution in [0.4, 0.5) is 5.69 Å². The van der Waals surface area contributed by atoms with Gasteiger partial charge in [0.2, 0.25) is 5.91 Å². The van der Waals surface area contributed by atoms with Crippen LogP contribution in [0.3, 0.4) is 0 Å². The second-order valence-corrected chi connectivity index (χ2v) is 5.44. The number of para-hydroxylation sites is 1. The number of piperidine rings is 1. The van der Waals surface area contributed by atoms with Gasteiger partial charge in [0.15, 0.2) is 0 Å². The third-order valence-corrected chi connectivity index (χ3v) is 3.72. The molecule has 2 rings (SSSR count). The molecule has 0 aliphatic carbocycles. The smallest absolute Gasteiger partial charge is 0.273 e. The Morgan fingerprint density at radius 1 is 1.40 bits per heavy atom. The minimum Gasteiger partial charge on any atom is -0.390 e. The number of nitro groups is 1. The monoisotopic (exact) mass is 278 g/mol. The van der Waals surface area contributed by atoms with E-state index < -0.39 is 10.5 Å². The predicted octanol–water partition coefficient (Wildman–Crippen LogP) is 1.51. The number of hydrogen-bond acceptors (Lipinski definition) is 4. The summed E-state index contributed by atoms with van der Waals surface area (Å²) in [6.07, 6.45) is 1.10. The lowest BCUT2D eigenvalue weighted by molar-refractivity contribution is -0.385. The molecule has 1 saturated heterocycles. The van der Waals surface area contributed by atoms with E-state index in [4.69, 9.17) is 0 Å². The highest BCUT2D eigenvalue weighted by molar-refractivity contribution is 5.80. The first-order valence-electron chi connectivity index (χ1n) is 6.61. The summed E-state index contributed by atoms with van der Waals surface area (Å²) in [5, 5.41) is 20.8. The molecule has 0 aromatic heterocycles. The Kier molecular flexibility index (Phi) is 4.04. The lowest BCUT2D eigenvalue weighted by Crippen LogP contribution is -2.45. The summed E-state index contributed by atoms with van der Waals surface area (Å²) in [7, 11) is 0. The fraction of sp³-hybridized carbons (Fsp3) is 0.500. The third-order valence-electron chi connectivity index (χ3n) is 3.72. The van der Waals surface area contributed by atoms with Gasteiger partial charge in [-0.15, -0.1) is 0 Å². The lowest BCUT2D eigenvalue weighted by Gasteiger charge is -2.35. The molecule has 1 aromatic carbocycles. The van der Waals surface area contributed by atoms with E-state index in [2.05, 4.69) is 0 Å². The molecule has 1 heterocycles. The Balaban J connectivity index is 2.04. The molecule has 1 N–H and O–H groups in total. The zero-order valence-corrected chi connectivity index (χ0v) is 11.4. The van der Waals surface area contributed by atoms with Crippen LogP contribution in [0.5, 0.6) is 0 Å². The molecule has 6 nitrogen and oxygen atoms in total. The summed E-state index contributed by atoms with van der Waals surface area (Å²) in [4.78, 5) is 24.3. The van der Waals surface area contributed by atoms with Gasteiger partial charge < -0.3 is 10.0 Å². The third kappa shape index (κ3) is 3.33. The topological polar surface area (TPSA) is 83.7 Å². The highest BCUT2D eigenvalue weighted by Crippen LogP contribution is 2.23. The van der Waals surface area contributed by atoms with Crippen LogP contribution in [-0.4, -0.2) is 39.5 Å². The van der Waals surface area contributed by atoms with Crippen LogP contribution in [0.1, 0.15) is 25.3 Å². The number of nitro benzene ring substituents is 1. The average molecular weight is 278 g/mol. The molecule has 0 spiro atoms. The first-order valence-corrected chi connectivity index (χ1v) is 6.61. The molecule has 0 saturated carbocycles. The normalized spacial score (nSPS) is 17.8. The summed E-state index contributed by atoms with van der Waals surface area (Å²) in [5.74, 6) is -0.130. The Hall–Kier alpha value is -1.95. The van der Waals surface area contributed by atoms with Gasteiger partial charge in [0.05, 0.1) is 16.9 Å². The molecule has 1 amide bonds. The van der Waals surface area contributed by atoms with Crippen LogP contribution in [-0.2, 0) is 11.2 Å². The van der Waals surface area contributed by atoms with Crippen LogP contribution in [0.2, 0.25) is 0 Å². The zero-order valence-electron chi connectivity index (χ0n) is 11.4. The van der Waals surface area contributed by atoms with Crippen LogP contribution in [0.15, 0.2) is 24.3 Å². The van der Waals surface area contributed by atoms with Crippen molar-refractivity contribution in [3.8, 4) is 0 Å². The van der Waals surface area contributed by atoms with E-state index in [0.717, 1.165) is 0 Å². The van der Waals surface area contributed by atoms with Gasteiger partial charge in [-0.25, -0.2) is 0 Å². The molecule has 1 fully saturated rings. The summed E-state index contributed by atoms with van der Waals surface area (Å²) in [5.41, 5.74) is -0.306. The molecule has 1 aliphatic rings. The maximum Gasteiger partial charge on any atom is 0.273 e. The highest BCUT2D eigenvalue weighted by Gasteiger charge is 2.30. The van der Waals surface area contributed by atoms with Crippen molar-refractivity contribution in [1.29, 1.82) is 0 Å². The fourth-order valence-corrected chi connectivity index (χ4v) is 2.35. The minimum atomic E-state index is -0.713. The quantitative estimate of drug-likeness (QED) is 0.671. The Morgan fingerprint density at radius 3 is 2.60 bits per heavy atom. The maximum atomic E-state index is 12.2. The molecule has 20 heavy (non-hydrogen) atoms. The molecule has 0 radical (unpaired) electrons.